The van der Waals surface area contributed by atoms with Gasteiger partial charge < -0.3 is 20.0 Å². The second-order valence-electron chi connectivity index (χ2n) is 9.67. The Morgan fingerprint density at radius 2 is 1.31 bits per heavy atom. The molecule has 0 spiro atoms. The summed E-state index contributed by atoms with van der Waals surface area (Å²) in [5, 5.41) is 0. The molecule has 0 heterocycles. The molecule has 4 fully saturated rings. The minimum atomic E-state index is -0.113. The van der Waals surface area contributed by atoms with E-state index in [4.69, 9.17) is 15.2 Å². The zero-order valence-electron chi connectivity index (χ0n) is 19.7. The molecule has 0 aliphatic heterocycles. The fourth-order valence-electron chi connectivity index (χ4n) is 6.39. The molecule has 0 saturated heterocycles. The number of rotatable bonds is 6. The quantitative estimate of drug-likeness (QED) is 0.465. The van der Waals surface area contributed by atoms with Crippen LogP contribution < -0.4 is 5.73 Å². The first kappa shape index (κ1) is 26.8. The highest BCUT2D eigenvalue weighted by Crippen LogP contribution is 2.47. The Bertz CT molecular complexity index is 686. The molecule has 0 aromatic carbocycles. The number of carbonyl (C=O) groups excluding carboxylic acids is 3. The van der Waals surface area contributed by atoms with Gasteiger partial charge in [0.05, 0.1) is 25.0 Å². The van der Waals surface area contributed by atoms with Crippen molar-refractivity contribution in [3.8, 4) is 0 Å². The molecule has 6 rings (SSSR count). The summed E-state index contributed by atoms with van der Waals surface area (Å²) in [4.78, 5) is 35.0. The number of fused-ring (bicyclic) bond motifs is 5. The Hall–Kier alpha value is -1.40. The fraction of sp³-hybridized carbons (Fsp3) is 0.800. The average molecular weight is 470 g/mol. The van der Waals surface area contributed by atoms with Crippen LogP contribution in [0.3, 0.4) is 0 Å². The van der Waals surface area contributed by atoms with Crippen molar-refractivity contribution in [3.63, 3.8) is 0 Å². The fourth-order valence-corrected chi connectivity index (χ4v) is 6.39. The highest BCUT2D eigenvalue weighted by atomic mass is 35.5. The number of nitrogens with two attached hydrogens (primary N) is 1. The van der Waals surface area contributed by atoms with Gasteiger partial charge in [0.25, 0.3) is 0 Å². The lowest BCUT2D eigenvalue weighted by Gasteiger charge is -2.45. The number of ether oxygens (including phenoxy) is 2. The number of halogens is 1. The van der Waals surface area contributed by atoms with Crippen LogP contribution in [-0.4, -0.2) is 37.0 Å². The summed E-state index contributed by atoms with van der Waals surface area (Å²) >= 11 is 0. The number of ketones is 1. The maximum Gasteiger partial charge on any atom is 0.310 e. The van der Waals surface area contributed by atoms with Gasteiger partial charge in [0.15, 0.2) is 0 Å². The second-order valence-corrected chi connectivity index (χ2v) is 9.67. The lowest BCUT2D eigenvalue weighted by molar-refractivity contribution is -0.156. The lowest BCUT2D eigenvalue weighted by Crippen LogP contribution is -2.52. The van der Waals surface area contributed by atoms with Gasteiger partial charge in [-0.15, -0.1) is 12.4 Å². The maximum atomic E-state index is 12.0. The van der Waals surface area contributed by atoms with E-state index in [-0.39, 0.29) is 59.8 Å². The van der Waals surface area contributed by atoms with E-state index in [0.717, 1.165) is 12.8 Å². The predicted molar refractivity (Wildman–Crippen MR) is 125 cm³/mol. The van der Waals surface area contributed by atoms with Gasteiger partial charge in [-0.25, -0.2) is 0 Å². The number of hydrogen-bond acceptors (Lipinski definition) is 6. The van der Waals surface area contributed by atoms with Crippen LogP contribution in [0.1, 0.15) is 65.7 Å². The molecule has 4 saturated carbocycles. The van der Waals surface area contributed by atoms with Crippen LogP contribution in [0.2, 0.25) is 0 Å². The van der Waals surface area contributed by atoms with Crippen molar-refractivity contribution in [3.05, 3.63) is 12.2 Å². The Labute approximate surface area is 198 Å². The summed E-state index contributed by atoms with van der Waals surface area (Å²) < 4.78 is 10.2. The minimum absolute atomic E-state index is 0. The summed E-state index contributed by atoms with van der Waals surface area (Å²) in [6.07, 6.45) is 11.8. The molecule has 32 heavy (non-hydrogen) atoms. The van der Waals surface area contributed by atoms with E-state index >= 15 is 0 Å². The van der Waals surface area contributed by atoms with Crippen molar-refractivity contribution in [1.82, 2.24) is 0 Å². The van der Waals surface area contributed by atoms with Gasteiger partial charge >= 0.3 is 11.9 Å². The van der Waals surface area contributed by atoms with Crippen LogP contribution in [0.25, 0.3) is 0 Å². The van der Waals surface area contributed by atoms with Crippen molar-refractivity contribution in [2.45, 2.75) is 71.8 Å². The third-order valence-electron chi connectivity index (χ3n) is 7.84. The Morgan fingerprint density at radius 1 is 0.812 bits per heavy atom. The summed E-state index contributed by atoms with van der Waals surface area (Å²) in [6.45, 7) is 6.18. The highest BCUT2D eigenvalue weighted by molar-refractivity contribution is 5.85. The zero-order chi connectivity index (χ0) is 22.5. The van der Waals surface area contributed by atoms with Crippen molar-refractivity contribution in [2.24, 2.45) is 47.2 Å². The Morgan fingerprint density at radius 3 is 1.78 bits per heavy atom. The van der Waals surface area contributed by atoms with E-state index in [2.05, 4.69) is 12.2 Å². The summed E-state index contributed by atoms with van der Waals surface area (Å²) in [5.41, 5.74) is 6.09. The van der Waals surface area contributed by atoms with E-state index in [1.165, 1.54) is 25.7 Å². The Kier molecular flexibility index (Phi) is 10.2. The van der Waals surface area contributed by atoms with Gasteiger partial charge in [0.1, 0.15) is 5.78 Å². The smallest absolute Gasteiger partial charge is 0.310 e. The molecular weight excluding hydrogens is 430 g/mol. The van der Waals surface area contributed by atoms with Crippen LogP contribution in [0.5, 0.6) is 0 Å². The molecule has 0 aromatic rings. The summed E-state index contributed by atoms with van der Waals surface area (Å²) in [5.74, 6) is 1.78. The Balaban J connectivity index is 0.000000224. The molecule has 0 radical (unpaired) electrons. The number of allylic oxidation sites excluding steroid dienone is 2. The number of Topliss-reactive ketones (excluding diaryl/α,β-unsaturated/α-hetero) is 1. The van der Waals surface area contributed by atoms with Crippen molar-refractivity contribution >= 4 is 30.1 Å². The molecule has 6 aliphatic carbocycles. The molecular formula is C25H40ClNO5. The van der Waals surface area contributed by atoms with E-state index in [1.54, 1.807) is 6.92 Å². The first-order valence-corrected chi connectivity index (χ1v) is 12.1. The van der Waals surface area contributed by atoms with Crippen LogP contribution >= 0.6 is 12.4 Å². The third kappa shape index (κ3) is 5.93. The van der Waals surface area contributed by atoms with E-state index in [9.17, 15) is 14.4 Å². The normalized spacial score (nSPS) is 36.4. The molecule has 6 nitrogen and oxygen atoms in total. The molecule has 6 atom stereocenters. The van der Waals surface area contributed by atoms with E-state index < -0.39 is 0 Å². The molecule has 2 N–H and O–H groups in total. The maximum absolute atomic E-state index is 12.0. The van der Waals surface area contributed by atoms with Crippen molar-refractivity contribution < 1.29 is 23.9 Å². The summed E-state index contributed by atoms with van der Waals surface area (Å²) in [6, 6.07) is 0.0570. The molecule has 0 unspecified atom stereocenters. The summed E-state index contributed by atoms with van der Waals surface area (Å²) in [7, 11) is 0. The van der Waals surface area contributed by atoms with Crippen molar-refractivity contribution in [2.75, 3.05) is 13.2 Å². The lowest BCUT2D eigenvalue weighted by atomic mass is 9.61. The number of esters is 2. The molecule has 6 aliphatic rings. The monoisotopic (exact) mass is 469 g/mol. The second kappa shape index (κ2) is 12.2. The van der Waals surface area contributed by atoms with Crippen LogP contribution in [0.15, 0.2) is 12.2 Å². The molecule has 182 valence electrons. The molecule has 0 amide bonds. The molecule has 4 bridgehead atoms. The van der Waals surface area contributed by atoms with E-state index in [0.29, 0.717) is 37.4 Å². The van der Waals surface area contributed by atoms with Gasteiger partial charge in [-0.2, -0.15) is 0 Å². The van der Waals surface area contributed by atoms with Gasteiger partial charge in [-0.1, -0.05) is 12.2 Å². The van der Waals surface area contributed by atoms with E-state index in [1.807, 2.05) is 13.8 Å². The highest BCUT2D eigenvalue weighted by Gasteiger charge is 2.46. The third-order valence-corrected chi connectivity index (χ3v) is 7.84. The van der Waals surface area contributed by atoms with Gasteiger partial charge in [0.2, 0.25) is 0 Å². The first-order valence-electron chi connectivity index (χ1n) is 12.1. The van der Waals surface area contributed by atoms with Crippen LogP contribution in [0.4, 0.5) is 0 Å². The zero-order valence-corrected chi connectivity index (χ0v) is 20.5. The van der Waals surface area contributed by atoms with Crippen LogP contribution in [-0.2, 0) is 23.9 Å². The average Bonchev–Trinajstić information content (AvgIpc) is 2.75. The molecule has 7 heteroatoms. The van der Waals surface area contributed by atoms with Crippen molar-refractivity contribution in [1.29, 1.82) is 0 Å². The van der Waals surface area contributed by atoms with Gasteiger partial charge in [-0.3, -0.25) is 9.59 Å². The molecule has 0 aromatic heterocycles. The standard InChI is InChI=1S/C14H20O3.C11H19NO2.ClH/c1-3-17-14(16)13-11-6-4-10(5-7-11)12(13)8-9(2)15;1-2-14-11(13)9-7-3-5-8(6-4-7)10(9)12;/h4,6,10-13H,3,5,7-8H2,1-2H3;7-10H,2-6,12H2,1H3;1H/t10-,11+,12-,13-;7?,8?,9-,10-;/m00./s1. The van der Waals surface area contributed by atoms with Crippen LogP contribution in [0, 0.1) is 41.4 Å². The predicted octanol–water partition coefficient (Wildman–Crippen LogP) is 4.09. The van der Waals surface area contributed by atoms with Gasteiger partial charge in [-0.05, 0) is 88.9 Å². The first-order chi connectivity index (χ1) is 14.9. The number of hydrogen-bond donors (Lipinski definition) is 1. The number of carbonyl (C=O) groups is 3. The minimum Gasteiger partial charge on any atom is -0.466 e. The SMILES string of the molecule is CCOC(=O)[C@@H]1[C@@H](CC(C)=O)[C@H]2C=C[C@@H]1CC2.CCOC(=O)[C@H]1C2CCC(CC2)[C@@H]1N.Cl. The largest absolute Gasteiger partial charge is 0.466 e. The topological polar surface area (TPSA) is 95.7 Å². The van der Waals surface area contributed by atoms with Gasteiger partial charge in [0, 0.05) is 12.5 Å².